The SMILES string of the molecule is COc1cc([N+](=O)[O-])ccc1NC(=O)[C@@H](C)[NH+]1CCN(c2ccccc2)CC1. The van der Waals surface area contributed by atoms with E-state index in [1.165, 1.54) is 35.9 Å². The molecule has 8 heteroatoms. The monoisotopic (exact) mass is 385 g/mol. The standard InChI is InChI=1S/C20H24N4O4/c1-15(22-10-12-23(13-11-22)16-6-4-3-5-7-16)20(25)21-18-9-8-17(24(26)27)14-19(18)28-2/h3-9,14-15H,10-13H2,1-2H3,(H,21,25)/p+1/t15-/m1/s1. The summed E-state index contributed by atoms with van der Waals surface area (Å²) in [5.41, 5.74) is 1.56. The number of carbonyl (C=O) groups excluding carboxylic acids is 1. The van der Waals surface area contributed by atoms with Gasteiger partial charge in [0.15, 0.2) is 6.04 Å². The number of methoxy groups -OCH3 is 1. The lowest BCUT2D eigenvalue weighted by molar-refractivity contribution is -0.914. The number of non-ortho nitro benzene ring substituents is 1. The number of hydrogen-bond acceptors (Lipinski definition) is 5. The van der Waals surface area contributed by atoms with Crippen LogP contribution >= 0.6 is 0 Å². The number of carbonyl (C=O) groups is 1. The molecule has 3 rings (SSSR count). The number of nitro groups is 1. The lowest BCUT2D eigenvalue weighted by Gasteiger charge is -2.36. The van der Waals surface area contributed by atoms with Crippen molar-refractivity contribution in [3.05, 3.63) is 58.6 Å². The number of hydrogen-bond donors (Lipinski definition) is 2. The first-order valence-corrected chi connectivity index (χ1v) is 9.27. The third kappa shape index (κ3) is 4.40. The van der Waals surface area contributed by atoms with E-state index in [1.54, 1.807) is 0 Å². The van der Waals surface area contributed by atoms with Crippen molar-refractivity contribution in [2.24, 2.45) is 0 Å². The summed E-state index contributed by atoms with van der Waals surface area (Å²) in [6, 6.07) is 14.2. The molecule has 2 aromatic carbocycles. The second-order valence-corrected chi connectivity index (χ2v) is 6.83. The fraction of sp³-hybridized carbons (Fsp3) is 0.350. The van der Waals surface area contributed by atoms with E-state index in [0.717, 1.165) is 26.2 Å². The summed E-state index contributed by atoms with van der Waals surface area (Å²) in [7, 11) is 1.42. The van der Waals surface area contributed by atoms with Gasteiger partial charge in [-0.15, -0.1) is 0 Å². The maximum Gasteiger partial charge on any atom is 0.282 e. The van der Waals surface area contributed by atoms with Crippen LogP contribution in [-0.2, 0) is 4.79 Å². The van der Waals surface area contributed by atoms with E-state index in [2.05, 4.69) is 22.3 Å². The number of nitrogens with zero attached hydrogens (tertiary/aromatic N) is 2. The highest BCUT2D eigenvalue weighted by atomic mass is 16.6. The number of benzene rings is 2. The first-order valence-electron chi connectivity index (χ1n) is 9.27. The van der Waals surface area contributed by atoms with Crippen molar-refractivity contribution in [2.75, 3.05) is 43.5 Å². The molecule has 1 saturated heterocycles. The Hall–Kier alpha value is -3.13. The number of rotatable bonds is 6. The number of anilines is 2. The first kappa shape index (κ1) is 19.6. The summed E-state index contributed by atoms with van der Waals surface area (Å²) >= 11 is 0. The lowest BCUT2D eigenvalue weighted by atomic mass is 10.2. The number of nitrogens with one attached hydrogen (secondary N) is 2. The first-order chi connectivity index (χ1) is 13.5. The van der Waals surface area contributed by atoms with Gasteiger partial charge in [-0.1, -0.05) is 18.2 Å². The minimum Gasteiger partial charge on any atom is -0.494 e. The molecule has 8 nitrogen and oxygen atoms in total. The highest BCUT2D eigenvalue weighted by Gasteiger charge is 2.29. The Morgan fingerprint density at radius 2 is 1.89 bits per heavy atom. The van der Waals surface area contributed by atoms with Gasteiger partial charge in [-0.25, -0.2) is 0 Å². The van der Waals surface area contributed by atoms with Gasteiger partial charge in [-0.05, 0) is 25.1 Å². The van der Waals surface area contributed by atoms with Crippen molar-refractivity contribution in [3.8, 4) is 5.75 Å². The van der Waals surface area contributed by atoms with Gasteiger partial charge in [0.2, 0.25) is 0 Å². The van der Waals surface area contributed by atoms with Crippen LogP contribution in [0.5, 0.6) is 5.75 Å². The molecule has 0 aliphatic carbocycles. The van der Waals surface area contributed by atoms with Crippen LogP contribution in [0.1, 0.15) is 6.92 Å². The molecule has 0 spiro atoms. The Morgan fingerprint density at radius 3 is 2.50 bits per heavy atom. The van der Waals surface area contributed by atoms with Gasteiger partial charge in [-0.2, -0.15) is 0 Å². The zero-order valence-corrected chi connectivity index (χ0v) is 16.1. The van der Waals surface area contributed by atoms with Gasteiger partial charge >= 0.3 is 0 Å². The van der Waals surface area contributed by atoms with Crippen molar-refractivity contribution >= 4 is 23.0 Å². The molecule has 1 amide bonds. The lowest BCUT2D eigenvalue weighted by Crippen LogP contribution is -3.19. The summed E-state index contributed by atoms with van der Waals surface area (Å²) in [4.78, 5) is 26.7. The quantitative estimate of drug-likeness (QED) is 0.579. The number of amides is 1. The zero-order valence-electron chi connectivity index (χ0n) is 16.1. The van der Waals surface area contributed by atoms with Crippen molar-refractivity contribution in [3.63, 3.8) is 0 Å². The fourth-order valence-corrected chi connectivity index (χ4v) is 3.45. The predicted octanol–water partition coefficient (Wildman–Crippen LogP) is 1.34. The summed E-state index contributed by atoms with van der Waals surface area (Å²) in [5, 5.41) is 13.7. The van der Waals surface area contributed by atoms with Crippen LogP contribution < -0.4 is 19.9 Å². The Kier molecular flexibility index (Phi) is 6.10. The zero-order chi connectivity index (χ0) is 20.1. The maximum absolute atomic E-state index is 12.7. The van der Waals surface area contributed by atoms with Gasteiger partial charge in [-0.3, -0.25) is 14.9 Å². The summed E-state index contributed by atoms with van der Waals surface area (Å²) in [6.07, 6.45) is 0. The average Bonchev–Trinajstić information content (AvgIpc) is 2.74. The van der Waals surface area contributed by atoms with Crippen molar-refractivity contribution in [1.82, 2.24) is 0 Å². The van der Waals surface area contributed by atoms with E-state index in [4.69, 9.17) is 4.74 Å². The number of nitro benzene ring substituents is 1. The molecule has 1 atom stereocenters. The van der Waals surface area contributed by atoms with Crippen LogP contribution in [0.2, 0.25) is 0 Å². The van der Waals surface area contributed by atoms with E-state index < -0.39 is 4.92 Å². The van der Waals surface area contributed by atoms with Crippen LogP contribution in [0.4, 0.5) is 17.1 Å². The van der Waals surface area contributed by atoms with Crippen LogP contribution in [0, 0.1) is 10.1 Å². The van der Waals surface area contributed by atoms with Crippen LogP contribution in [0.25, 0.3) is 0 Å². The minimum atomic E-state index is -0.493. The second-order valence-electron chi connectivity index (χ2n) is 6.83. The highest BCUT2D eigenvalue weighted by molar-refractivity contribution is 5.95. The molecule has 1 fully saturated rings. The smallest absolute Gasteiger partial charge is 0.282 e. The molecule has 0 saturated carbocycles. The van der Waals surface area contributed by atoms with E-state index in [1.807, 2.05) is 25.1 Å². The van der Waals surface area contributed by atoms with Gasteiger partial charge in [0.05, 0.1) is 50.0 Å². The molecule has 1 heterocycles. The predicted molar refractivity (Wildman–Crippen MR) is 107 cm³/mol. The van der Waals surface area contributed by atoms with Gasteiger partial charge < -0.3 is 19.9 Å². The Balaban J connectivity index is 1.60. The topological polar surface area (TPSA) is 89.1 Å². The Morgan fingerprint density at radius 1 is 1.21 bits per heavy atom. The Labute approximate surface area is 163 Å². The molecule has 1 aliphatic heterocycles. The molecule has 2 aromatic rings. The summed E-state index contributed by atoms with van der Waals surface area (Å²) in [6.45, 7) is 5.40. The third-order valence-electron chi connectivity index (χ3n) is 5.19. The van der Waals surface area contributed by atoms with Crippen molar-refractivity contribution in [2.45, 2.75) is 13.0 Å². The number of ether oxygens (including phenoxy) is 1. The Bertz CT molecular complexity index is 835. The molecule has 0 aromatic heterocycles. The van der Waals surface area contributed by atoms with Gasteiger partial charge in [0, 0.05) is 11.8 Å². The molecule has 0 unspecified atom stereocenters. The van der Waals surface area contributed by atoms with E-state index in [-0.39, 0.29) is 23.4 Å². The van der Waals surface area contributed by atoms with E-state index >= 15 is 0 Å². The molecule has 148 valence electrons. The van der Waals surface area contributed by atoms with Crippen LogP contribution in [0.3, 0.4) is 0 Å². The fourth-order valence-electron chi connectivity index (χ4n) is 3.45. The molecule has 2 N–H and O–H groups in total. The van der Waals surface area contributed by atoms with E-state index in [9.17, 15) is 14.9 Å². The van der Waals surface area contributed by atoms with Crippen molar-refractivity contribution in [1.29, 1.82) is 0 Å². The maximum atomic E-state index is 12.7. The molecular weight excluding hydrogens is 360 g/mol. The minimum absolute atomic E-state index is 0.0782. The number of para-hydroxylation sites is 1. The number of quaternary nitrogens is 1. The second kappa shape index (κ2) is 8.71. The highest BCUT2D eigenvalue weighted by Crippen LogP contribution is 2.29. The van der Waals surface area contributed by atoms with Gasteiger partial charge in [0.25, 0.3) is 11.6 Å². The largest absolute Gasteiger partial charge is 0.494 e. The summed E-state index contributed by atoms with van der Waals surface area (Å²) < 4.78 is 5.19. The van der Waals surface area contributed by atoms with Gasteiger partial charge in [0.1, 0.15) is 5.75 Å². The molecule has 1 aliphatic rings. The van der Waals surface area contributed by atoms with Crippen LogP contribution in [0.15, 0.2) is 48.5 Å². The third-order valence-corrected chi connectivity index (χ3v) is 5.19. The average molecular weight is 385 g/mol. The van der Waals surface area contributed by atoms with Crippen molar-refractivity contribution < 1.29 is 19.4 Å². The molecule has 28 heavy (non-hydrogen) atoms. The summed E-state index contributed by atoms with van der Waals surface area (Å²) in [5.74, 6) is 0.147. The molecule has 0 bridgehead atoms. The molecular formula is C20H25N4O4+. The van der Waals surface area contributed by atoms with Crippen LogP contribution in [-0.4, -0.2) is 50.2 Å². The number of piperazine rings is 1. The van der Waals surface area contributed by atoms with E-state index in [0.29, 0.717) is 5.69 Å². The normalized spacial score (nSPS) is 15.7. The molecule has 0 radical (unpaired) electrons.